The smallest absolute Gasteiger partial charge is 0.410 e. The van der Waals surface area contributed by atoms with Gasteiger partial charge in [0.15, 0.2) is 0 Å². The average Bonchev–Trinajstić information content (AvgIpc) is 3.42. The molecule has 3 aromatic rings. The molecule has 5 rings (SSSR count). The molecule has 3 aromatic carbocycles. The van der Waals surface area contributed by atoms with Gasteiger partial charge in [-0.2, -0.15) is 0 Å². The van der Waals surface area contributed by atoms with Crippen molar-refractivity contribution in [3.8, 4) is 0 Å². The van der Waals surface area contributed by atoms with Crippen molar-refractivity contribution in [1.29, 1.82) is 0 Å². The predicted octanol–water partition coefficient (Wildman–Crippen LogP) is 8.26. The molecule has 1 aliphatic carbocycles. The first-order chi connectivity index (χ1) is 20.1. The fourth-order valence-corrected chi connectivity index (χ4v) is 6.80. The van der Waals surface area contributed by atoms with Gasteiger partial charge in [0.25, 0.3) is 0 Å². The summed E-state index contributed by atoms with van der Waals surface area (Å²) in [7, 11) is 0. The number of amides is 1. The van der Waals surface area contributed by atoms with Crippen LogP contribution in [-0.4, -0.2) is 54.2 Å². The van der Waals surface area contributed by atoms with Crippen LogP contribution >= 0.6 is 12.4 Å². The van der Waals surface area contributed by atoms with Crippen LogP contribution in [-0.2, 0) is 16.1 Å². The molecular weight excluding hydrogens is 544 g/mol. The first kappa shape index (κ1) is 32.1. The van der Waals surface area contributed by atoms with E-state index in [0.29, 0.717) is 18.4 Å². The Balaban J connectivity index is 0.00000405. The van der Waals surface area contributed by atoms with E-state index in [1.807, 2.05) is 35.2 Å². The summed E-state index contributed by atoms with van der Waals surface area (Å²) < 4.78 is 12.4. The van der Waals surface area contributed by atoms with Crippen molar-refractivity contribution in [3.63, 3.8) is 0 Å². The minimum Gasteiger partial charge on any atom is -0.445 e. The molecule has 4 atom stereocenters. The average molecular weight is 591 g/mol. The van der Waals surface area contributed by atoms with Gasteiger partial charge in [0, 0.05) is 32.2 Å². The Morgan fingerprint density at radius 3 is 2.17 bits per heavy atom. The van der Waals surface area contributed by atoms with E-state index in [1.165, 1.54) is 11.1 Å². The monoisotopic (exact) mass is 590 g/mol. The fraction of sp³-hybridized carbons (Fsp3) is 0.472. The highest BCUT2D eigenvalue weighted by Gasteiger charge is 2.38. The van der Waals surface area contributed by atoms with Crippen molar-refractivity contribution in [2.45, 2.75) is 76.7 Å². The minimum absolute atomic E-state index is 0. The molecule has 0 N–H and O–H groups in total. The number of nitrogens with zero attached hydrogens (tertiary/aromatic N) is 2. The number of likely N-dealkylation sites (tertiary alicyclic amines) is 1. The second-order valence-corrected chi connectivity index (χ2v) is 11.8. The lowest BCUT2D eigenvalue weighted by Gasteiger charge is -2.39. The summed E-state index contributed by atoms with van der Waals surface area (Å²) in [6, 6.07) is 31.8. The Morgan fingerprint density at radius 1 is 0.905 bits per heavy atom. The third-order valence-corrected chi connectivity index (χ3v) is 8.94. The topological polar surface area (TPSA) is 42.0 Å². The second kappa shape index (κ2) is 16.1. The van der Waals surface area contributed by atoms with Gasteiger partial charge < -0.3 is 19.3 Å². The number of rotatable bonds is 11. The van der Waals surface area contributed by atoms with Gasteiger partial charge in [-0.3, -0.25) is 0 Å². The van der Waals surface area contributed by atoms with Gasteiger partial charge in [0.2, 0.25) is 0 Å². The van der Waals surface area contributed by atoms with Crippen molar-refractivity contribution in [2.75, 3.05) is 26.2 Å². The molecule has 0 bridgehead atoms. The first-order valence-corrected chi connectivity index (χ1v) is 15.6. The maximum atomic E-state index is 13.1. The van der Waals surface area contributed by atoms with Gasteiger partial charge in [0.05, 0.1) is 12.2 Å². The van der Waals surface area contributed by atoms with E-state index < -0.39 is 0 Å². The normalized spacial score (nSPS) is 21.8. The Kier molecular flexibility index (Phi) is 12.3. The molecule has 0 radical (unpaired) electrons. The molecule has 42 heavy (non-hydrogen) atoms. The lowest BCUT2D eigenvalue weighted by atomic mass is 9.88. The number of benzene rings is 3. The maximum Gasteiger partial charge on any atom is 0.410 e. The number of carbonyl (C=O) groups excluding carboxylic acids is 1. The highest BCUT2D eigenvalue weighted by atomic mass is 35.5. The van der Waals surface area contributed by atoms with Gasteiger partial charge >= 0.3 is 6.09 Å². The highest BCUT2D eigenvalue weighted by Crippen LogP contribution is 2.43. The van der Waals surface area contributed by atoms with Crippen LogP contribution in [0.25, 0.3) is 0 Å². The minimum atomic E-state index is -0.179. The molecule has 0 aromatic heterocycles. The second-order valence-electron chi connectivity index (χ2n) is 11.8. The van der Waals surface area contributed by atoms with Crippen molar-refractivity contribution >= 4 is 18.5 Å². The molecule has 4 unspecified atom stereocenters. The largest absolute Gasteiger partial charge is 0.445 e. The van der Waals surface area contributed by atoms with E-state index in [1.54, 1.807) is 0 Å². The lowest BCUT2D eigenvalue weighted by Crippen LogP contribution is -2.48. The zero-order valence-electron chi connectivity index (χ0n) is 25.1. The van der Waals surface area contributed by atoms with Crippen molar-refractivity contribution in [2.24, 2.45) is 5.92 Å². The van der Waals surface area contributed by atoms with E-state index in [0.717, 1.165) is 63.8 Å². The summed E-state index contributed by atoms with van der Waals surface area (Å²) in [5, 5.41) is 0. The van der Waals surface area contributed by atoms with Gasteiger partial charge in [-0.25, -0.2) is 4.79 Å². The Labute approximate surface area is 258 Å². The predicted molar refractivity (Wildman–Crippen MR) is 172 cm³/mol. The quantitative estimate of drug-likeness (QED) is 0.225. The van der Waals surface area contributed by atoms with Gasteiger partial charge in [-0.05, 0) is 67.6 Å². The van der Waals surface area contributed by atoms with Crippen molar-refractivity contribution in [3.05, 3.63) is 108 Å². The lowest BCUT2D eigenvalue weighted by molar-refractivity contribution is -0.00277. The van der Waals surface area contributed by atoms with Gasteiger partial charge in [-0.1, -0.05) is 97.9 Å². The molecule has 226 valence electrons. The molecule has 5 nitrogen and oxygen atoms in total. The Hall–Kier alpha value is -2.86. The molecule has 1 saturated carbocycles. The summed E-state index contributed by atoms with van der Waals surface area (Å²) in [4.78, 5) is 17.7. The van der Waals surface area contributed by atoms with E-state index in [9.17, 15) is 4.79 Å². The van der Waals surface area contributed by atoms with Crippen LogP contribution < -0.4 is 0 Å². The molecule has 1 saturated heterocycles. The molecule has 6 heteroatoms. The van der Waals surface area contributed by atoms with Crippen LogP contribution in [0.3, 0.4) is 0 Å². The van der Waals surface area contributed by atoms with Crippen LogP contribution in [0.1, 0.15) is 74.7 Å². The summed E-state index contributed by atoms with van der Waals surface area (Å²) >= 11 is 0. The fourth-order valence-electron chi connectivity index (χ4n) is 6.80. The molecule has 1 heterocycles. The van der Waals surface area contributed by atoms with Crippen LogP contribution in [0, 0.1) is 5.92 Å². The molecule has 1 aliphatic heterocycles. The molecule has 2 aliphatic rings. The summed E-state index contributed by atoms with van der Waals surface area (Å²) in [5.41, 5.74) is 3.70. The van der Waals surface area contributed by atoms with Crippen molar-refractivity contribution in [1.82, 2.24) is 9.80 Å². The Morgan fingerprint density at radius 2 is 1.52 bits per heavy atom. The van der Waals surface area contributed by atoms with E-state index in [2.05, 4.69) is 79.4 Å². The van der Waals surface area contributed by atoms with E-state index in [-0.39, 0.29) is 36.8 Å². The molecule has 1 amide bonds. The zero-order chi connectivity index (χ0) is 28.4. The maximum absolute atomic E-state index is 13.1. The van der Waals surface area contributed by atoms with E-state index in [4.69, 9.17) is 9.47 Å². The van der Waals surface area contributed by atoms with Crippen molar-refractivity contribution < 1.29 is 14.3 Å². The van der Waals surface area contributed by atoms with Gasteiger partial charge in [-0.15, -0.1) is 12.4 Å². The summed E-state index contributed by atoms with van der Waals surface area (Å²) in [5.74, 6) is 1.07. The SMILES string of the molecule is CCCN(C(=O)OCc1ccccc1)C1CCN(CC2CC(OC(C)c3ccccc3)CC2c2ccccc2)CC1.Cl. The molecule has 0 spiro atoms. The first-order valence-electron chi connectivity index (χ1n) is 15.6. The van der Waals surface area contributed by atoms with Crippen LogP contribution in [0.5, 0.6) is 0 Å². The molecular formula is C36H47ClN2O3. The summed E-state index contributed by atoms with van der Waals surface area (Å²) in [6.07, 6.45) is 5.26. The number of carbonyl (C=O) groups is 1. The number of hydrogen-bond donors (Lipinski definition) is 0. The Bertz CT molecular complexity index is 1190. The third kappa shape index (κ3) is 8.59. The van der Waals surface area contributed by atoms with Crippen LogP contribution in [0.2, 0.25) is 0 Å². The number of ether oxygens (including phenoxy) is 2. The zero-order valence-corrected chi connectivity index (χ0v) is 26.0. The number of hydrogen-bond acceptors (Lipinski definition) is 4. The van der Waals surface area contributed by atoms with Crippen LogP contribution in [0.4, 0.5) is 4.79 Å². The van der Waals surface area contributed by atoms with E-state index >= 15 is 0 Å². The summed E-state index contributed by atoms with van der Waals surface area (Å²) in [6.45, 7) is 8.49. The van der Waals surface area contributed by atoms with Gasteiger partial charge in [0.1, 0.15) is 6.61 Å². The third-order valence-electron chi connectivity index (χ3n) is 8.94. The van der Waals surface area contributed by atoms with Crippen LogP contribution in [0.15, 0.2) is 91.0 Å². The number of piperidine rings is 1. The highest BCUT2D eigenvalue weighted by molar-refractivity contribution is 5.85. The molecule has 2 fully saturated rings. The number of halogens is 1. The standard InChI is InChI=1S/C36H46N2O3.ClH/c1-3-21-38(36(39)40-27-29-13-7-4-8-14-29)33-19-22-37(23-20-33)26-32-24-34(25-35(32)31-17-11-6-12-18-31)41-28(2)30-15-9-5-10-16-30;/h4-18,28,32-35H,3,19-27H2,1-2H3;1H.